The molecule has 2 aliphatic heterocycles. The average Bonchev–Trinajstić information content (AvgIpc) is 3.56. The number of anilines is 6. The predicted octanol–water partition coefficient (Wildman–Crippen LogP) is 13.7. The van der Waals surface area contributed by atoms with Crippen LogP contribution in [0.5, 0.6) is 0 Å². The molecule has 0 saturated heterocycles. The highest BCUT2D eigenvalue weighted by Crippen LogP contribution is 2.53. The van der Waals surface area contributed by atoms with Gasteiger partial charge in [-0.1, -0.05) is 127 Å². The van der Waals surface area contributed by atoms with E-state index in [-0.39, 0.29) is 39.2 Å². The minimum atomic E-state index is 0.0277. The van der Waals surface area contributed by atoms with Crippen LogP contribution >= 0.6 is 11.3 Å². The minimum Gasteiger partial charge on any atom is -0.310 e. The van der Waals surface area contributed by atoms with Gasteiger partial charge < -0.3 is 4.90 Å². The van der Waals surface area contributed by atoms with Gasteiger partial charge in [-0.05, 0) is 151 Å². The zero-order chi connectivity index (χ0) is 42.7. The summed E-state index contributed by atoms with van der Waals surface area (Å²) in [5, 5.41) is 1.34. The van der Waals surface area contributed by atoms with E-state index in [4.69, 9.17) is 4.98 Å². The molecule has 0 N–H and O–H groups in total. The summed E-state index contributed by atoms with van der Waals surface area (Å²) in [5.74, 6) is 1.06. The third kappa shape index (κ3) is 5.84. The summed E-state index contributed by atoms with van der Waals surface area (Å²) in [6.07, 6.45) is 6.82. The van der Waals surface area contributed by atoms with Gasteiger partial charge in [-0.3, -0.25) is 4.90 Å². The molecule has 60 heavy (non-hydrogen) atoms. The summed E-state index contributed by atoms with van der Waals surface area (Å²) in [6.45, 7) is 33.6. The van der Waals surface area contributed by atoms with Crippen molar-refractivity contribution in [1.82, 2.24) is 4.98 Å². The molecule has 0 unspecified atom stereocenters. The van der Waals surface area contributed by atoms with Gasteiger partial charge in [0.15, 0.2) is 0 Å². The highest BCUT2D eigenvalue weighted by atomic mass is 32.1. The first-order valence-electron chi connectivity index (χ1n) is 22.6. The molecule has 4 aromatic carbocycles. The number of nitrogens with zero attached hydrogens (tertiary/aromatic N) is 3. The van der Waals surface area contributed by atoms with Crippen molar-refractivity contribution < 1.29 is 0 Å². The molecule has 0 radical (unpaired) electrons. The van der Waals surface area contributed by atoms with Crippen molar-refractivity contribution in [2.75, 3.05) is 9.80 Å². The van der Waals surface area contributed by atoms with Crippen LogP contribution in [0.15, 0.2) is 85.1 Å². The lowest BCUT2D eigenvalue weighted by atomic mass is 9.36. The van der Waals surface area contributed by atoms with E-state index in [1.165, 1.54) is 113 Å². The van der Waals surface area contributed by atoms with Crippen LogP contribution in [0.1, 0.15) is 156 Å². The van der Waals surface area contributed by atoms with E-state index < -0.39 is 0 Å². The highest BCUT2D eigenvalue weighted by Gasteiger charge is 2.49. The van der Waals surface area contributed by atoms with Gasteiger partial charge in [-0.2, -0.15) is 0 Å². The van der Waals surface area contributed by atoms with Crippen LogP contribution in [-0.2, 0) is 32.5 Å². The monoisotopic (exact) mass is 809 g/mol. The zero-order valence-corrected chi connectivity index (χ0v) is 39.6. The van der Waals surface area contributed by atoms with Gasteiger partial charge >= 0.3 is 0 Å². The van der Waals surface area contributed by atoms with E-state index in [1.54, 1.807) is 0 Å². The van der Waals surface area contributed by atoms with E-state index in [2.05, 4.69) is 192 Å². The number of hydrogen-bond acceptors (Lipinski definition) is 4. The van der Waals surface area contributed by atoms with Crippen LogP contribution in [0.3, 0.4) is 0 Å². The molecule has 0 fully saturated rings. The van der Waals surface area contributed by atoms with Gasteiger partial charge in [0.05, 0.1) is 5.69 Å². The maximum absolute atomic E-state index is 5.47. The molecule has 3 nitrogen and oxygen atoms in total. The molecule has 0 saturated carbocycles. The summed E-state index contributed by atoms with van der Waals surface area (Å²) < 4.78 is 2.76. The number of hydrogen-bond donors (Lipinski definition) is 0. The number of pyridine rings is 1. The molecule has 6 aromatic rings. The molecule has 4 aliphatic rings. The number of benzene rings is 4. The Morgan fingerprint density at radius 3 is 1.72 bits per heavy atom. The molecule has 4 heterocycles. The molecule has 0 amide bonds. The van der Waals surface area contributed by atoms with Gasteiger partial charge in [0.2, 0.25) is 0 Å². The second-order valence-corrected chi connectivity index (χ2v) is 24.5. The maximum atomic E-state index is 5.47. The molecule has 2 aromatic heterocycles. The van der Waals surface area contributed by atoms with Crippen molar-refractivity contribution in [3.05, 3.63) is 118 Å². The molecular formula is C55H64BN3S. The Morgan fingerprint density at radius 1 is 0.550 bits per heavy atom. The Hall–Kier alpha value is -4.35. The second kappa shape index (κ2) is 12.6. The molecule has 308 valence electrons. The van der Waals surface area contributed by atoms with Gasteiger partial charge in [0.25, 0.3) is 6.71 Å². The normalized spacial score (nSPS) is 19.3. The summed E-state index contributed by atoms with van der Waals surface area (Å²) in [7, 11) is 0. The van der Waals surface area contributed by atoms with E-state index in [0.717, 1.165) is 5.82 Å². The fraction of sp³-hybridized carbons (Fsp3) is 0.436. The van der Waals surface area contributed by atoms with E-state index in [9.17, 15) is 0 Å². The van der Waals surface area contributed by atoms with Gasteiger partial charge in [-0.25, -0.2) is 4.98 Å². The van der Waals surface area contributed by atoms with Crippen LogP contribution < -0.4 is 25.5 Å². The third-order valence-electron chi connectivity index (χ3n) is 15.4. The quantitative estimate of drug-likeness (QED) is 0.162. The topological polar surface area (TPSA) is 19.4 Å². The van der Waals surface area contributed by atoms with Crippen molar-refractivity contribution in [3.63, 3.8) is 0 Å². The van der Waals surface area contributed by atoms with Crippen molar-refractivity contribution >= 4 is 78.1 Å². The van der Waals surface area contributed by atoms with Crippen LogP contribution in [0.25, 0.3) is 10.1 Å². The van der Waals surface area contributed by atoms with Gasteiger partial charge in [0, 0.05) is 43.8 Å². The van der Waals surface area contributed by atoms with Crippen LogP contribution in [0.4, 0.5) is 34.3 Å². The van der Waals surface area contributed by atoms with Crippen molar-refractivity contribution in [2.24, 2.45) is 0 Å². The number of rotatable bonds is 2. The second-order valence-electron chi connectivity index (χ2n) is 23.5. The molecule has 5 heteroatoms. The standard InChI is InChI=1S/C55H64BN3S/c1-50(2,3)33-15-18-35(19-16-33)58-43-23-28-57-49-46(43)56(48-47(58)37-29-34(51(4,5)6)17-22-45(37)60-48)42-31-40-41(55(13,14)27-26-54(40,11)12)32-44(42)59(49)36-20-21-38-39(30-36)53(9,10)25-24-52(38,7)8/h15-23,28-32H,24-27H2,1-14H3. The Balaban J connectivity index is 1.31. The van der Waals surface area contributed by atoms with E-state index >= 15 is 0 Å². The maximum Gasteiger partial charge on any atom is 0.266 e. The Bertz CT molecular complexity index is 2750. The van der Waals surface area contributed by atoms with E-state index in [1.807, 2.05) is 11.3 Å². The van der Waals surface area contributed by atoms with E-state index in [0.29, 0.717) is 0 Å². The Labute approximate surface area is 364 Å². The summed E-state index contributed by atoms with van der Waals surface area (Å²) in [5.41, 5.74) is 18.1. The molecule has 0 bridgehead atoms. The van der Waals surface area contributed by atoms with Gasteiger partial charge in [0.1, 0.15) is 5.82 Å². The Kier molecular flexibility index (Phi) is 8.37. The first kappa shape index (κ1) is 39.8. The van der Waals surface area contributed by atoms with Crippen molar-refractivity contribution in [1.29, 1.82) is 0 Å². The lowest BCUT2D eigenvalue weighted by Gasteiger charge is -2.47. The van der Waals surface area contributed by atoms with Crippen LogP contribution in [0.2, 0.25) is 0 Å². The number of thiophene rings is 1. The fourth-order valence-electron chi connectivity index (χ4n) is 11.2. The van der Waals surface area contributed by atoms with Gasteiger partial charge in [-0.15, -0.1) is 11.3 Å². The first-order chi connectivity index (χ1) is 28.0. The fourth-order valence-corrected chi connectivity index (χ4v) is 12.5. The largest absolute Gasteiger partial charge is 0.310 e. The number of fused-ring (bicyclic) bond motifs is 8. The summed E-state index contributed by atoms with van der Waals surface area (Å²) >= 11 is 1.99. The van der Waals surface area contributed by atoms with Crippen molar-refractivity contribution in [3.8, 4) is 0 Å². The van der Waals surface area contributed by atoms with Crippen molar-refractivity contribution in [2.45, 2.75) is 155 Å². The lowest BCUT2D eigenvalue weighted by Crippen LogP contribution is -2.61. The third-order valence-corrected chi connectivity index (χ3v) is 16.6. The smallest absolute Gasteiger partial charge is 0.266 e. The Morgan fingerprint density at radius 2 is 1.10 bits per heavy atom. The average molecular weight is 810 g/mol. The molecule has 2 aliphatic carbocycles. The summed E-state index contributed by atoms with van der Waals surface area (Å²) in [4.78, 5) is 10.6. The number of aromatic nitrogens is 1. The molecular weight excluding hydrogens is 746 g/mol. The van der Waals surface area contributed by atoms with Crippen LogP contribution in [0, 0.1) is 0 Å². The highest BCUT2D eigenvalue weighted by molar-refractivity contribution is 7.33. The zero-order valence-electron chi connectivity index (χ0n) is 38.7. The minimum absolute atomic E-state index is 0.0277. The summed E-state index contributed by atoms with van der Waals surface area (Å²) in [6, 6.07) is 31.7. The molecule has 10 rings (SSSR count). The molecule has 0 spiro atoms. The first-order valence-corrected chi connectivity index (χ1v) is 23.4. The lowest BCUT2D eigenvalue weighted by molar-refractivity contribution is 0.332. The SMILES string of the molecule is CC(C)(C)c1ccc(N2c3ccnc4c3B(c3cc5c(cc3N4c3ccc4c(c3)C(C)(C)CCC4(C)C)C(C)(C)CCC5(C)C)c3sc4ccc(C(C)(C)C)cc4c32)cc1. The molecule has 0 atom stereocenters. The predicted molar refractivity (Wildman–Crippen MR) is 262 cm³/mol. The van der Waals surface area contributed by atoms with Crippen LogP contribution in [-0.4, -0.2) is 11.7 Å².